The van der Waals surface area contributed by atoms with Crippen molar-refractivity contribution < 1.29 is 18.0 Å². The topological polar surface area (TPSA) is 129 Å². The lowest BCUT2D eigenvalue weighted by molar-refractivity contribution is -0.137. The van der Waals surface area contributed by atoms with E-state index in [2.05, 4.69) is 35.1 Å². The molecule has 208 valence electrons. The lowest BCUT2D eigenvalue weighted by Gasteiger charge is -2.36. The van der Waals surface area contributed by atoms with Crippen LogP contribution >= 0.6 is 0 Å². The van der Waals surface area contributed by atoms with Crippen LogP contribution in [0.2, 0.25) is 0 Å². The molecule has 6 rings (SSSR count). The molecule has 0 bridgehead atoms. The van der Waals surface area contributed by atoms with E-state index in [0.29, 0.717) is 54.8 Å². The Morgan fingerprint density at radius 3 is 2.27 bits per heavy atom. The van der Waals surface area contributed by atoms with Gasteiger partial charge in [-0.05, 0) is 54.6 Å². The van der Waals surface area contributed by atoms with E-state index in [1.54, 1.807) is 18.3 Å². The summed E-state index contributed by atoms with van der Waals surface area (Å²) in [6, 6.07) is 17.1. The third-order valence-electron chi connectivity index (χ3n) is 6.84. The number of primary amides is 1. The highest BCUT2D eigenvalue weighted by atomic mass is 19.4. The second kappa shape index (κ2) is 10.4. The molecule has 0 radical (unpaired) electrons. The summed E-state index contributed by atoms with van der Waals surface area (Å²) in [6.07, 6.45) is -1.86. The monoisotopic (exact) mass is 559 g/mol. The van der Waals surface area contributed by atoms with Gasteiger partial charge in [-0.1, -0.05) is 6.07 Å². The molecule has 0 spiro atoms. The van der Waals surface area contributed by atoms with E-state index in [1.807, 2.05) is 41.3 Å². The average molecular weight is 560 g/mol. The molecule has 0 saturated carbocycles. The first kappa shape index (κ1) is 26.0. The smallest absolute Gasteiger partial charge is 0.366 e. The van der Waals surface area contributed by atoms with Gasteiger partial charge >= 0.3 is 6.18 Å². The predicted octanol–water partition coefficient (Wildman–Crippen LogP) is 4.60. The molecule has 3 aromatic heterocycles. The van der Waals surface area contributed by atoms with Crippen LogP contribution in [0.1, 0.15) is 15.9 Å². The highest BCUT2D eigenvalue weighted by molar-refractivity contribution is 6.04. The van der Waals surface area contributed by atoms with E-state index in [-0.39, 0.29) is 0 Å². The normalized spacial score (nSPS) is 13.9. The molecule has 1 aliphatic heterocycles. The lowest BCUT2D eigenvalue weighted by Crippen LogP contribution is -2.47. The highest BCUT2D eigenvalue weighted by Crippen LogP contribution is 2.30. The number of aromatic amines is 1. The average Bonchev–Trinajstić information content (AvgIpc) is 3.42. The van der Waals surface area contributed by atoms with Crippen molar-refractivity contribution in [3.63, 3.8) is 0 Å². The Balaban J connectivity index is 1.10. The Kier molecular flexibility index (Phi) is 6.61. The number of alkyl halides is 3. The van der Waals surface area contributed by atoms with E-state index in [0.717, 1.165) is 34.8 Å². The van der Waals surface area contributed by atoms with Gasteiger partial charge in [0.05, 0.1) is 16.6 Å². The fraction of sp³-hybridized carbons (Fsp3) is 0.179. The summed E-state index contributed by atoms with van der Waals surface area (Å²) in [5.41, 5.74) is 7.93. The van der Waals surface area contributed by atoms with E-state index >= 15 is 0 Å². The number of para-hydroxylation sites is 1. The number of benzene rings is 2. The molecule has 4 N–H and O–H groups in total. The summed E-state index contributed by atoms with van der Waals surface area (Å²) < 4.78 is 38.5. The van der Waals surface area contributed by atoms with E-state index in [4.69, 9.17) is 5.73 Å². The van der Waals surface area contributed by atoms with Gasteiger partial charge in [-0.3, -0.25) is 4.79 Å². The first-order valence-electron chi connectivity index (χ1n) is 12.8. The number of piperazine rings is 1. The van der Waals surface area contributed by atoms with Crippen LogP contribution in [-0.4, -0.2) is 57.0 Å². The third kappa shape index (κ3) is 5.46. The Morgan fingerprint density at radius 2 is 1.61 bits per heavy atom. The maximum Gasteiger partial charge on any atom is 0.417 e. The molecule has 4 heterocycles. The number of pyridine rings is 1. The largest absolute Gasteiger partial charge is 0.417 e. The number of nitrogens with two attached hydrogens (primary N) is 1. The first-order valence-corrected chi connectivity index (χ1v) is 12.8. The molecular formula is C28H24F3N9O. The minimum absolute atomic E-state index is 0.359. The van der Waals surface area contributed by atoms with Crippen molar-refractivity contribution in [2.24, 2.45) is 5.73 Å². The predicted molar refractivity (Wildman–Crippen MR) is 149 cm³/mol. The summed E-state index contributed by atoms with van der Waals surface area (Å²) in [6.45, 7) is 2.44. The fourth-order valence-corrected chi connectivity index (χ4v) is 4.70. The van der Waals surface area contributed by atoms with Gasteiger partial charge in [0, 0.05) is 49.8 Å². The summed E-state index contributed by atoms with van der Waals surface area (Å²) in [5, 5.41) is 3.21. The fourth-order valence-electron chi connectivity index (χ4n) is 4.70. The third-order valence-corrected chi connectivity index (χ3v) is 6.84. The molecular weight excluding hydrogens is 535 g/mol. The number of anilines is 4. The number of nitrogens with zero attached hydrogens (tertiary/aromatic N) is 6. The van der Waals surface area contributed by atoms with Crippen LogP contribution in [0.4, 0.5) is 36.4 Å². The van der Waals surface area contributed by atoms with Crippen molar-refractivity contribution in [3.05, 3.63) is 84.2 Å². The Bertz CT molecular complexity index is 1690. The van der Waals surface area contributed by atoms with Crippen LogP contribution in [-0.2, 0) is 6.18 Å². The minimum atomic E-state index is -4.41. The van der Waals surface area contributed by atoms with Crippen molar-refractivity contribution >= 4 is 40.2 Å². The zero-order valence-corrected chi connectivity index (χ0v) is 21.6. The van der Waals surface area contributed by atoms with Crippen molar-refractivity contribution in [2.75, 3.05) is 41.3 Å². The second-order valence-electron chi connectivity index (χ2n) is 9.47. The highest BCUT2D eigenvalue weighted by Gasteiger charge is 2.31. The van der Waals surface area contributed by atoms with Gasteiger partial charge in [0.25, 0.3) is 5.91 Å². The number of hydrogen-bond donors (Lipinski definition) is 3. The van der Waals surface area contributed by atoms with Gasteiger partial charge in [-0.15, -0.1) is 0 Å². The first-order chi connectivity index (χ1) is 19.7. The number of hydrogen-bond acceptors (Lipinski definition) is 8. The molecule has 10 nitrogen and oxygen atoms in total. The Morgan fingerprint density at radius 1 is 0.878 bits per heavy atom. The molecule has 1 aliphatic rings. The molecule has 0 atom stereocenters. The number of aromatic nitrogens is 5. The number of rotatable bonds is 6. The molecule has 2 aromatic carbocycles. The van der Waals surface area contributed by atoms with Crippen molar-refractivity contribution in [1.82, 2.24) is 24.9 Å². The molecule has 1 amide bonds. The van der Waals surface area contributed by atoms with Crippen LogP contribution in [0.3, 0.4) is 0 Å². The maximum atomic E-state index is 12.8. The summed E-state index contributed by atoms with van der Waals surface area (Å²) in [5.74, 6) is 1.77. The number of H-pyrrole nitrogens is 1. The maximum absolute atomic E-state index is 12.8. The van der Waals surface area contributed by atoms with Gasteiger partial charge in [-0.25, -0.2) is 15.0 Å². The van der Waals surface area contributed by atoms with Gasteiger partial charge in [-0.2, -0.15) is 18.2 Å². The standard InChI is InChI=1S/C28H24F3N9O/c29-28(30,31)18-6-9-22(34-16-18)39-12-14-40(15-13-39)23-10-11-33-27(37-23)35-19-7-4-17(5-8-19)26-36-21-3-1-2-20(25(32)41)24(21)38-26/h1-11,16H,12-15H2,(H2,32,41)(H,36,38)(H,33,35,37). The van der Waals surface area contributed by atoms with Gasteiger partial charge in [0.15, 0.2) is 0 Å². The zero-order chi connectivity index (χ0) is 28.6. The second-order valence-corrected chi connectivity index (χ2v) is 9.47. The number of carbonyl (C=O) groups excluding carboxylic acids is 1. The number of amides is 1. The van der Waals surface area contributed by atoms with Gasteiger partial charge in [0.2, 0.25) is 5.95 Å². The molecule has 1 saturated heterocycles. The van der Waals surface area contributed by atoms with Crippen LogP contribution < -0.4 is 20.9 Å². The number of imidazole rings is 1. The van der Waals surface area contributed by atoms with Crippen LogP contribution in [0, 0.1) is 0 Å². The van der Waals surface area contributed by atoms with E-state index in [1.165, 1.54) is 6.07 Å². The zero-order valence-electron chi connectivity index (χ0n) is 21.6. The molecule has 0 unspecified atom stereocenters. The van der Waals surface area contributed by atoms with Crippen LogP contribution in [0.25, 0.3) is 22.4 Å². The Labute approximate surface area is 232 Å². The van der Waals surface area contributed by atoms with Gasteiger partial charge < -0.3 is 25.8 Å². The molecule has 1 fully saturated rings. The minimum Gasteiger partial charge on any atom is -0.366 e. The van der Waals surface area contributed by atoms with E-state index in [9.17, 15) is 18.0 Å². The molecule has 5 aromatic rings. The van der Waals surface area contributed by atoms with Crippen LogP contribution in [0.15, 0.2) is 73.1 Å². The Hall–Kier alpha value is -5.20. The summed E-state index contributed by atoms with van der Waals surface area (Å²) in [4.78, 5) is 36.5. The van der Waals surface area contributed by atoms with Crippen molar-refractivity contribution in [2.45, 2.75) is 6.18 Å². The SMILES string of the molecule is NC(=O)c1cccc2[nH]c(-c3ccc(Nc4nccc(N5CCN(c6ccc(C(F)(F)F)cn6)CC5)n4)cc3)nc12. The molecule has 13 heteroatoms. The molecule has 0 aliphatic carbocycles. The number of carbonyl (C=O) groups is 1. The number of nitrogens with one attached hydrogen (secondary N) is 2. The van der Waals surface area contributed by atoms with Crippen molar-refractivity contribution in [3.8, 4) is 11.4 Å². The summed E-state index contributed by atoms with van der Waals surface area (Å²) in [7, 11) is 0. The lowest BCUT2D eigenvalue weighted by atomic mass is 10.2. The number of fused-ring (bicyclic) bond motifs is 1. The quantitative estimate of drug-likeness (QED) is 0.275. The van der Waals surface area contributed by atoms with E-state index < -0.39 is 17.6 Å². The van der Waals surface area contributed by atoms with Crippen molar-refractivity contribution in [1.29, 1.82) is 0 Å². The molecule has 41 heavy (non-hydrogen) atoms. The van der Waals surface area contributed by atoms with Crippen LogP contribution in [0.5, 0.6) is 0 Å². The summed E-state index contributed by atoms with van der Waals surface area (Å²) >= 11 is 0. The number of halogens is 3. The van der Waals surface area contributed by atoms with Gasteiger partial charge in [0.1, 0.15) is 23.0 Å².